The molecule has 0 spiro atoms. The maximum atomic E-state index is 13.1. The normalized spacial score (nSPS) is 12.7. The molecule has 4 heteroatoms. The standard InChI is InChI=1S/C12H12F2N2/c1-2-11(12-6-15-7-16-12)8-3-9(13)5-10(14)4-8/h3-7,11H,2H2,1H3,(H,15,16). The maximum Gasteiger partial charge on any atom is 0.126 e. The van der Waals surface area contributed by atoms with E-state index in [2.05, 4.69) is 9.97 Å². The van der Waals surface area contributed by atoms with Crippen LogP contribution < -0.4 is 0 Å². The monoisotopic (exact) mass is 222 g/mol. The molecule has 2 nitrogen and oxygen atoms in total. The van der Waals surface area contributed by atoms with Crippen molar-refractivity contribution in [3.63, 3.8) is 0 Å². The Morgan fingerprint density at radius 1 is 1.25 bits per heavy atom. The van der Waals surface area contributed by atoms with Crippen LogP contribution in [0.15, 0.2) is 30.7 Å². The van der Waals surface area contributed by atoms with E-state index in [1.54, 1.807) is 12.5 Å². The average molecular weight is 222 g/mol. The average Bonchev–Trinajstić information content (AvgIpc) is 2.70. The highest BCUT2D eigenvalue weighted by atomic mass is 19.1. The number of nitrogens with zero attached hydrogens (tertiary/aromatic N) is 1. The van der Waals surface area contributed by atoms with Gasteiger partial charge >= 0.3 is 0 Å². The molecule has 0 fully saturated rings. The Balaban J connectivity index is 2.41. The molecule has 1 N–H and O–H groups in total. The molecule has 0 radical (unpaired) electrons. The van der Waals surface area contributed by atoms with Crippen molar-refractivity contribution in [1.29, 1.82) is 0 Å². The van der Waals surface area contributed by atoms with E-state index in [4.69, 9.17) is 0 Å². The number of H-pyrrole nitrogens is 1. The van der Waals surface area contributed by atoms with Crippen LogP contribution in [0.25, 0.3) is 0 Å². The number of hydrogen-bond acceptors (Lipinski definition) is 1. The van der Waals surface area contributed by atoms with Gasteiger partial charge < -0.3 is 4.98 Å². The summed E-state index contributed by atoms with van der Waals surface area (Å²) < 4.78 is 26.2. The van der Waals surface area contributed by atoms with Gasteiger partial charge in [0.15, 0.2) is 0 Å². The minimum Gasteiger partial charge on any atom is -0.348 e. The second kappa shape index (κ2) is 4.43. The second-order valence-corrected chi connectivity index (χ2v) is 3.67. The molecule has 1 unspecified atom stereocenters. The van der Waals surface area contributed by atoms with Gasteiger partial charge in [-0.3, -0.25) is 0 Å². The number of nitrogens with one attached hydrogen (secondary N) is 1. The SMILES string of the molecule is CCC(c1cc(F)cc(F)c1)c1cnc[nH]1. The molecule has 0 saturated heterocycles. The number of aromatic nitrogens is 2. The third-order valence-electron chi connectivity index (χ3n) is 2.59. The lowest BCUT2D eigenvalue weighted by Crippen LogP contribution is -2.01. The van der Waals surface area contributed by atoms with Crippen molar-refractivity contribution >= 4 is 0 Å². The van der Waals surface area contributed by atoms with Gasteiger partial charge in [-0.1, -0.05) is 6.92 Å². The number of benzene rings is 1. The highest BCUT2D eigenvalue weighted by molar-refractivity contribution is 5.28. The van der Waals surface area contributed by atoms with E-state index in [1.165, 1.54) is 12.1 Å². The van der Waals surface area contributed by atoms with Crippen LogP contribution in [0.5, 0.6) is 0 Å². The van der Waals surface area contributed by atoms with Crippen molar-refractivity contribution in [2.24, 2.45) is 0 Å². The van der Waals surface area contributed by atoms with E-state index in [-0.39, 0.29) is 5.92 Å². The first kappa shape index (κ1) is 10.8. The quantitative estimate of drug-likeness (QED) is 0.848. The van der Waals surface area contributed by atoms with Crippen LogP contribution in [0, 0.1) is 11.6 Å². The third-order valence-corrected chi connectivity index (χ3v) is 2.59. The Kier molecular flexibility index (Phi) is 2.99. The topological polar surface area (TPSA) is 28.7 Å². The van der Waals surface area contributed by atoms with Crippen molar-refractivity contribution in [1.82, 2.24) is 9.97 Å². The predicted octanol–water partition coefficient (Wildman–Crippen LogP) is 3.23. The van der Waals surface area contributed by atoms with E-state index < -0.39 is 11.6 Å². The molecule has 1 heterocycles. The fourth-order valence-electron chi connectivity index (χ4n) is 1.87. The molecular weight excluding hydrogens is 210 g/mol. The summed E-state index contributed by atoms with van der Waals surface area (Å²) in [6, 6.07) is 3.60. The van der Waals surface area contributed by atoms with Crippen LogP contribution in [0.2, 0.25) is 0 Å². The lowest BCUT2D eigenvalue weighted by Gasteiger charge is -2.13. The first-order valence-electron chi connectivity index (χ1n) is 5.15. The summed E-state index contributed by atoms with van der Waals surface area (Å²) in [7, 11) is 0. The summed E-state index contributed by atoms with van der Waals surface area (Å²) in [5.41, 5.74) is 1.50. The van der Waals surface area contributed by atoms with Gasteiger partial charge in [0.05, 0.1) is 6.33 Å². The molecular formula is C12H12F2N2. The molecule has 0 aliphatic heterocycles. The van der Waals surface area contributed by atoms with Gasteiger partial charge in [-0.25, -0.2) is 13.8 Å². The predicted molar refractivity (Wildman–Crippen MR) is 57.1 cm³/mol. The summed E-state index contributed by atoms with van der Waals surface area (Å²) in [6.45, 7) is 1.97. The lowest BCUT2D eigenvalue weighted by atomic mass is 9.93. The zero-order valence-corrected chi connectivity index (χ0v) is 8.87. The zero-order valence-electron chi connectivity index (χ0n) is 8.87. The number of rotatable bonds is 3. The van der Waals surface area contributed by atoms with Gasteiger partial charge in [0.2, 0.25) is 0 Å². The lowest BCUT2D eigenvalue weighted by molar-refractivity contribution is 0.575. The van der Waals surface area contributed by atoms with Crippen molar-refractivity contribution < 1.29 is 8.78 Å². The Morgan fingerprint density at radius 2 is 1.94 bits per heavy atom. The molecule has 0 aliphatic rings. The molecule has 84 valence electrons. The van der Waals surface area contributed by atoms with Gasteiger partial charge in [-0.15, -0.1) is 0 Å². The molecule has 1 aromatic heterocycles. The molecule has 0 saturated carbocycles. The van der Waals surface area contributed by atoms with Gasteiger partial charge in [0.1, 0.15) is 11.6 Å². The summed E-state index contributed by atoms with van der Waals surface area (Å²) in [4.78, 5) is 6.89. The molecule has 16 heavy (non-hydrogen) atoms. The van der Waals surface area contributed by atoms with Gasteiger partial charge in [-0.2, -0.15) is 0 Å². The maximum absolute atomic E-state index is 13.1. The summed E-state index contributed by atoms with van der Waals surface area (Å²) in [6.07, 6.45) is 4.00. The number of aromatic amines is 1. The second-order valence-electron chi connectivity index (χ2n) is 3.67. The zero-order chi connectivity index (χ0) is 11.5. The molecule has 2 aromatic rings. The summed E-state index contributed by atoms with van der Waals surface area (Å²) in [5, 5.41) is 0. The molecule has 2 rings (SSSR count). The van der Waals surface area contributed by atoms with Gasteiger partial charge in [-0.05, 0) is 24.1 Å². The first-order chi connectivity index (χ1) is 7.70. The largest absolute Gasteiger partial charge is 0.348 e. The van der Waals surface area contributed by atoms with Gasteiger partial charge in [0.25, 0.3) is 0 Å². The fraction of sp³-hybridized carbons (Fsp3) is 0.250. The highest BCUT2D eigenvalue weighted by Gasteiger charge is 2.15. The minimum atomic E-state index is -0.548. The fourth-order valence-corrected chi connectivity index (χ4v) is 1.87. The van der Waals surface area contributed by atoms with Crippen LogP contribution in [0.4, 0.5) is 8.78 Å². The molecule has 0 aliphatic carbocycles. The Hall–Kier alpha value is -1.71. The van der Waals surface area contributed by atoms with Crippen LogP contribution >= 0.6 is 0 Å². The van der Waals surface area contributed by atoms with Crippen molar-refractivity contribution in [2.75, 3.05) is 0 Å². The van der Waals surface area contributed by atoms with Crippen molar-refractivity contribution in [3.8, 4) is 0 Å². The minimum absolute atomic E-state index is 0.0484. The van der Waals surface area contributed by atoms with E-state index in [0.717, 1.165) is 18.2 Å². The Morgan fingerprint density at radius 3 is 2.44 bits per heavy atom. The van der Waals surface area contributed by atoms with Crippen LogP contribution in [-0.2, 0) is 0 Å². The number of halogens is 2. The highest BCUT2D eigenvalue weighted by Crippen LogP contribution is 2.27. The number of hydrogen-bond donors (Lipinski definition) is 1. The molecule has 1 aromatic carbocycles. The van der Waals surface area contributed by atoms with Crippen LogP contribution in [0.3, 0.4) is 0 Å². The van der Waals surface area contributed by atoms with E-state index >= 15 is 0 Å². The van der Waals surface area contributed by atoms with Crippen LogP contribution in [-0.4, -0.2) is 9.97 Å². The molecule has 1 atom stereocenters. The first-order valence-corrected chi connectivity index (χ1v) is 5.15. The smallest absolute Gasteiger partial charge is 0.126 e. The Bertz CT molecular complexity index is 446. The van der Waals surface area contributed by atoms with E-state index in [1.807, 2.05) is 6.92 Å². The molecule has 0 amide bonds. The number of imidazole rings is 1. The molecule has 0 bridgehead atoms. The Labute approximate surface area is 92.3 Å². The van der Waals surface area contributed by atoms with E-state index in [0.29, 0.717) is 5.56 Å². The van der Waals surface area contributed by atoms with Gasteiger partial charge in [0, 0.05) is 23.9 Å². The van der Waals surface area contributed by atoms with Crippen molar-refractivity contribution in [3.05, 3.63) is 53.6 Å². The summed E-state index contributed by atoms with van der Waals surface area (Å²) >= 11 is 0. The van der Waals surface area contributed by atoms with Crippen LogP contribution in [0.1, 0.15) is 30.5 Å². The van der Waals surface area contributed by atoms with E-state index in [9.17, 15) is 8.78 Å². The summed E-state index contributed by atoms with van der Waals surface area (Å²) in [5.74, 6) is -1.14. The third kappa shape index (κ3) is 2.10. The van der Waals surface area contributed by atoms with Crippen molar-refractivity contribution in [2.45, 2.75) is 19.3 Å².